The zero-order chi connectivity index (χ0) is 23.7. The number of hydrogen-bond donors (Lipinski definition) is 3. The monoisotopic (exact) mass is 441 g/mol. The number of ether oxygens (including phenoxy) is 1. The van der Waals surface area contributed by atoms with E-state index >= 15 is 0 Å². The van der Waals surface area contributed by atoms with Gasteiger partial charge in [-0.15, -0.1) is 0 Å². The van der Waals surface area contributed by atoms with E-state index in [1.807, 2.05) is 69.3 Å². The first kappa shape index (κ1) is 22.1. The zero-order valence-corrected chi connectivity index (χ0v) is 19.1. The van der Waals surface area contributed by atoms with E-state index in [-0.39, 0.29) is 17.2 Å². The van der Waals surface area contributed by atoms with Gasteiger partial charge in [-0.05, 0) is 86.8 Å². The fraction of sp³-hybridized carbons (Fsp3) is 0.143. The average Bonchev–Trinajstić information content (AvgIpc) is 2.79. The van der Waals surface area contributed by atoms with Crippen LogP contribution in [0.5, 0.6) is 28.7 Å². The lowest BCUT2D eigenvalue weighted by molar-refractivity contribution is 0.446. The van der Waals surface area contributed by atoms with Crippen LogP contribution in [-0.4, -0.2) is 15.3 Å². The molecule has 3 N–H and O–H groups in total. The Balaban J connectivity index is 1.96. The fourth-order valence-electron chi connectivity index (χ4n) is 3.83. The summed E-state index contributed by atoms with van der Waals surface area (Å²) in [4.78, 5) is 1.79. The normalized spacial score (nSPS) is 10.8. The zero-order valence-electron chi connectivity index (χ0n) is 19.1. The van der Waals surface area contributed by atoms with E-state index in [4.69, 9.17) is 4.74 Å². The molecule has 0 aliphatic rings. The SMILES string of the molecule is Cc1ccc(O)c(N(c2cc(C)ccc2O)c2ccccc2Oc2c(C)ccc(O)c2C)c1. The minimum Gasteiger partial charge on any atom is -0.508 e. The number of phenolic OH excluding ortho intramolecular Hbond substituents is 3. The third-order valence-corrected chi connectivity index (χ3v) is 5.64. The van der Waals surface area contributed by atoms with Gasteiger partial charge in [0.1, 0.15) is 23.0 Å². The van der Waals surface area contributed by atoms with Crippen LogP contribution in [0.4, 0.5) is 17.1 Å². The van der Waals surface area contributed by atoms with Gasteiger partial charge in [-0.1, -0.05) is 30.3 Å². The first-order chi connectivity index (χ1) is 15.8. The molecular weight excluding hydrogens is 414 g/mol. The summed E-state index contributed by atoms with van der Waals surface area (Å²) < 4.78 is 6.35. The van der Waals surface area contributed by atoms with Gasteiger partial charge in [-0.2, -0.15) is 0 Å². The Bertz CT molecular complexity index is 1280. The topological polar surface area (TPSA) is 73.2 Å². The molecule has 5 nitrogen and oxygen atoms in total. The lowest BCUT2D eigenvalue weighted by Crippen LogP contribution is -2.12. The molecule has 33 heavy (non-hydrogen) atoms. The molecule has 168 valence electrons. The van der Waals surface area contributed by atoms with Crippen molar-refractivity contribution in [3.63, 3.8) is 0 Å². The summed E-state index contributed by atoms with van der Waals surface area (Å²) in [6.45, 7) is 7.61. The van der Waals surface area contributed by atoms with Crippen molar-refractivity contribution in [2.75, 3.05) is 4.90 Å². The van der Waals surface area contributed by atoms with Gasteiger partial charge < -0.3 is 20.1 Å². The molecular formula is C28H27NO4. The van der Waals surface area contributed by atoms with E-state index in [9.17, 15) is 15.3 Å². The van der Waals surface area contributed by atoms with Crippen LogP contribution >= 0.6 is 0 Å². The average molecular weight is 442 g/mol. The minimum atomic E-state index is 0.0704. The maximum absolute atomic E-state index is 10.8. The maximum atomic E-state index is 10.8. The molecule has 0 bridgehead atoms. The molecule has 0 radical (unpaired) electrons. The highest BCUT2D eigenvalue weighted by atomic mass is 16.5. The first-order valence-electron chi connectivity index (χ1n) is 10.7. The van der Waals surface area contributed by atoms with Crippen LogP contribution < -0.4 is 9.64 Å². The van der Waals surface area contributed by atoms with Crippen LogP contribution in [0.2, 0.25) is 0 Å². The van der Waals surface area contributed by atoms with E-state index in [1.165, 1.54) is 0 Å². The van der Waals surface area contributed by atoms with E-state index in [1.54, 1.807) is 36.1 Å². The predicted octanol–water partition coefficient (Wildman–Crippen LogP) is 7.30. The summed E-state index contributed by atoms with van der Waals surface area (Å²) >= 11 is 0. The second-order valence-electron chi connectivity index (χ2n) is 8.25. The molecule has 0 unspecified atom stereocenters. The molecule has 0 aliphatic carbocycles. The van der Waals surface area contributed by atoms with Crippen molar-refractivity contribution >= 4 is 17.1 Å². The molecule has 0 spiro atoms. The van der Waals surface area contributed by atoms with Crippen molar-refractivity contribution in [3.8, 4) is 28.7 Å². The summed E-state index contributed by atoms with van der Waals surface area (Å²) in [5.74, 6) is 1.36. The number of hydrogen-bond acceptors (Lipinski definition) is 5. The number of aryl methyl sites for hydroxylation is 3. The fourth-order valence-corrected chi connectivity index (χ4v) is 3.83. The third-order valence-electron chi connectivity index (χ3n) is 5.64. The Kier molecular flexibility index (Phi) is 5.88. The highest BCUT2D eigenvalue weighted by Crippen LogP contribution is 2.48. The number of para-hydroxylation sites is 2. The number of rotatable bonds is 5. The van der Waals surface area contributed by atoms with Gasteiger partial charge >= 0.3 is 0 Å². The molecule has 0 saturated heterocycles. The van der Waals surface area contributed by atoms with E-state index in [0.29, 0.717) is 34.1 Å². The van der Waals surface area contributed by atoms with Crippen molar-refractivity contribution in [1.29, 1.82) is 0 Å². The third kappa shape index (κ3) is 4.30. The molecule has 0 saturated carbocycles. The summed E-state index contributed by atoms with van der Waals surface area (Å²) in [5, 5.41) is 31.8. The number of phenols is 3. The molecule has 0 atom stereocenters. The summed E-state index contributed by atoms with van der Waals surface area (Å²) in [6, 6.07) is 21.5. The highest BCUT2D eigenvalue weighted by molar-refractivity contribution is 5.86. The van der Waals surface area contributed by atoms with Crippen LogP contribution in [0, 0.1) is 27.7 Å². The van der Waals surface area contributed by atoms with Crippen molar-refractivity contribution < 1.29 is 20.1 Å². The van der Waals surface area contributed by atoms with Gasteiger partial charge in [0, 0.05) is 5.56 Å². The summed E-state index contributed by atoms with van der Waals surface area (Å²) in [6.07, 6.45) is 0. The molecule has 0 amide bonds. The van der Waals surface area contributed by atoms with Gasteiger partial charge in [0.2, 0.25) is 0 Å². The predicted molar refractivity (Wildman–Crippen MR) is 132 cm³/mol. The van der Waals surface area contributed by atoms with Crippen molar-refractivity contribution in [2.45, 2.75) is 27.7 Å². The van der Waals surface area contributed by atoms with Crippen LogP contribution in [0.1, 0.15) is 22.3 Å². The Hall–Kier alpha value is -4.12. The number of nitrogens with zero attached hydrogens (tertiary/aromatic N) is 1. The van der Waals surface area contributed by atoms with Gasteiger partial charge in [0.25, 0.3) is 0 Å². The van der Waals surface area contributed by atoms with E-state index in [0.717, 1.165) is 16.7 Å². The van der Waals surface area contributed by atoms with Crippen molar-refractivity contribution in [1.82, 2.24) is 0 Å². The first-order valence-corrected chi connectivity index (χ1v) is 10.7. The Morgan fingerprint density at radius 3 is 1.76 bits per heavy atom. The van der Waals surface area contributed by atoms with E-state index < -0.39 is 0 Å². The minimum absolute atomic E-state index is 0.0704. The highest BCUT2D eigenvalue weighted by Gasteiger charge is 2.23. The van der Waals surface area contributed by atoms with Crippen molar-refractivity contribution in [2.24, 2.45) is 0 Å². The van der Waals surface area contributed by atoms with E-state index in [2.05, 4.69) is 0 Å². The molecule has 5 heteroatoms. The summed E-state index contributed by atoms with van der Waals surface area (Å²) in [7, 11) is 0. The Morgan fingerprint density at radius 2 is 1.15 bits per heavy atom. The van der Waals surface area contributed by atoms with Crippen molar-refractivity contribution in [3.05, 3.63) is 95.1 Å². The number of anilines is 3. The number of benzene rings is 4. The largest absolute Gasteiger partial charge is 0.508 e. The van der Waals surface area contributed by atoms with Gasteiger partial charge in [-0.25, -0.2) is 0 Å². The Morgan fingerprint density at radius 1 is 0.606 bits per heavy atom. The second-order valence-corrected chi connectivity index (χ2v) is 8.25. The smallest absolute Gasteiger partial charge is 0.151 e. The Labute approximate surface area is 193 Å². The summed E-state index contributed by atoms with van der Waals surface area (Å²) in [5.41, 5.74) is 5.07. The van der Waals surface area contributed by atoms with Gasteiger partial charge in [0.15, 0.2) is 5.75 Å². The molecule has 0 aromatic heterocycles. The molecule has 4 aromatic carbocycles. The van der Waals surface area contributed by atoms with Crippen LogP contribution in [-0.2, 0) is 0 Å². The lowest BCUT2D eigenvalue weighted by Gasteiger charge is -2.29. The quantitative estimate of drug-likeness (QED) is 0.303. The molecule has 0 aliphatic heterocycles. The molecule has 4 rings (SSSR count). The molecule has 4 aromatic rings. The molecule has 0 heterocycles. The standard InChI is InChI=1S/C28H27NO4/c1-17-9-12-25(31)22(15-17)29(23-16-18(2)10-13-26(23)32)21-7-5-6-8-27(21)33-28-19(3)11-14-24(30)20(28)4/h5-16,30-32H,1-4H3. The number of aromatic hydroxyl groups is 3. The lowest BCUT2D eigenvalue weighted by atomic mass is 10.1. The van der Waals surface area contributed by atoms with Crippen LogP contribution in [0.25, 0.3) is 0 Å². The van der Waals surface area contributed by atoms with Gasteiger partial charge in [-0.3, -0.25) is 4.90 Å². The van der Waals surface area contributed by atoms with Crippen LogP contribution in [0.3, 0.4) is 0 Å². The van der Waals surface area contributed by atoms with Gasteiger partial charge in [0.05, 0.1) is 17.1 Å². The molecule has 0 fully saturated rings. The van der Waals surface area contributed by atoms with Crippen LogP contribution in [0.15, 0.2) is 72.8 Å². The second kappa shape index (κ2) is 8.79. The maximum Gasteiger partial charge on any atom is 0.151 e.